The van der Waals surface area contributed by atoms with Gasteiger partial charge in [-0.1, -0.05) is 13.0 Å². The fraction of sp³-hybridized carbons (Fsp3) is 0.545. The summed E-state index contributed by atoms with van der Waals surface area (Å²) in [5, 5.41) is 2.08. The summed E-state index contributed by atoms with van der Waals surface area (Å²) in [4.78, 5) is 25.8. The molecule has 2 aromatic rings. The Morgan fingerprint density at radius 1 is 1.36 bits per heavy atom. The first-order chi connectivity index (χ1) is 13.5. The molecule has 0 aliphatic carbocycles. The van der Waals surface area contributed by atoms with Crippen molar-refractivity contribution < 1.29 is 4.79 Å². The van der Waals surface area contributed by atoms with E-state index < -0.39 is 0 Å². The second-order valence-electron chi connectivity index (χ2n) is 8.14. The predicted molar refractivity (Wildman–Crippen MR) is 114 cm³/mol. The number of carbonyl (C=O) groups excluding carboxylic acids is 1. The van der Waals surface area contributed by atoms with Gasteiger partial charge in [-0.25, -0.2) is 0 Å². The highest BCUT2D eigenvalue weighted by atomic mass is 32.1. The monoisotopic (exact) mass is 398 g/mol. The second-order valence-corrected chi connectivity index (χ2v) is 9.11. The lowest BCUT2D eigenvalue weighted by molar-refractivity contribution is 0.0736. The molecule has 4 heterocycles. The molecule has 0 aromatic carbocycles. The van der Waals surface area contributed by atoms with E-state index in [1.165, 1.54) is 16.0 Å². The van der Waals surface area contributed by atoms with Crippen LogP contribution in [0.3, 0.4) is 0 Å². The topological polar surface area (TPSA) is 39.7 Å². The van der Waals surface area contributed by atoms with Crippen molar-refractivity contribution in [3.63, 3.8) is 0 Å². The van der Waals surface area contributed by atoms with Gasteiger partial charge >= 0.3 is 0 Å². The summed E-state index contributed by atoms with van der Waals surface area (Å²) in [6.45, 7) is 6.98. The van der Waals surface area contributed by atoms with Crippen LogP contribution >= 0.6 is 11.3 Å². The Morgan fingerprint density at radius 3 is 2.89 bits per heavy atom. The van der Waals surface area contributed by atoms with Crippen LogP contribution < -0.4 is 0 Å². The van der Waals surface area contributed by atoms with Crippen LogP contribution in [0.5, 0.6) is 0 Å². The predicted octanol–water partition coefficient (Wildman–Crippen LogP) is 3.04. The molecular weight excluding hydrogens is 368 g/mol. The van der Waals surface area contributed by atoms with Crippen LogP contribution in [-0.4, -0.2) is 65.4 Å². The van der Waals surface area contributed by atoms with Crippen LogP contribution in [0.2, 0.25) is 0 Å². The van der Waals surface area contributed by atoms with E-state index in [1.807, 2.05) is 18.1 Å². The van der Waals surface area contributed by atoms with Crippen molar-refractivity contribution >= 4 is 17.2 Å². The Kier molecular flexibility index (Phi) is 5.80. The van der Waals surface area contributed by atoms with Gasteiger partial charge in [-0.05, 0) is 50.0 Å². The number of likely N-dealkylation sites (N-methyl/N-ethyl adjacent to an activating group) is 2. The molecule has 2 aliphatic rings. The average molecular weight is 399 g/mol. The van der Waals surface area contributed by atoms with Crippen LogP contribution in [0.15, 0.2) is 23.7 Å². The van der Waals surface area contributed by atoms with Gasteiger partial charge in [0.1, 0.15) is 0 Å². The largest absolute Gasteiger partial charge is 0.337 e. The van der Waals surface area contributed by atoms with E-state index in [2.05, 4.69) is 46.3 Å². The van der Waals surface area contributed by atoms with E-state index >= 15 is 0 Å². The molecule has 2 aromatic heterocycles. The van der Waals surface area contributed by atoms with Gasteiger partial charge in [0.25, 0.3) is 5.91 Å². The number of aromatic nitrogens is 1. The Balaban J connectivity index is 1.42. The molecule has 1 amide bonds. The van der Waals surface area contributed by atoms with E-state index in [-0.39, 0.29) is 5.91 Å². The lowest BCUT2D eigenvalue weighted by Crippen LogP contribution is -2.39. The maximum Gasteiger partial charge on any atom is 0.255 e. The molecule has 2 aliphatic heterocycles. The maximum atomic E-state index is 13.1. The molecule has 1 saturated heterocycles. The van der Waals surface area contributed by atoms with E-state index in [0.717, 1.165) is 63.2 Å². The number of fused-ring (bicyclic) bond motifs is 1. The van der Waals surface area contributed by atoms with Crippen molar-refractivity contribution in [3.05, 3.63) is 51.0 Å². The summed E-state index contributed by atoms with van der Waals surface area (Å²) in [5.74, 6) is 0.197. The fourth-order valence-electron chi connectivity index (χ4n) is 4.27. The van der Waals surface area contributed by atoms with Crippen LogP contribution in [0, 0.1) is 0 Å². The number of pyridine rings is 1. The van der Waals surface area contributed by atoms with Crippen LogP contribution in [0.4, 0.5) is 0 Å². The van der Waals surface area contributed by atoms with Crippen molar-refractivity contribution in [2.45, 2.75) is 45.3 Å². The fourth-order valence-corrected chi connectivity index (χ4v) is 5.38. The van der Waals surface area contributed by atoms with Crippen molar-refractivity contribution in [2.24, 2.45) is 0 Å². The van der Waals surface area contributed by atoms with Crippen LogP contribution in [-0.2, 0) is 25.9 Å². The summed E-state index contributed by atoms with van der Waals surface area (Å²) in [6, 6.07) is 4.66. The van der Waals surface area contributed by atoms with Crippen LogP contribution in [0.1, 0.15) is 45.4 Å². The molecule has 0 spiro atoms. The third-order valence-corrected chi connectivity index (χ3v) is 7.18. The first-order valence-electron chi connectivity index (χ1n) is 10.3. The van der Waals surface area contributed by atoms with Gasteiger partial charge in [-0.15, -0.1) is 11.3 Å². The van der Waals surface area contributed by atoms with Crippen molar-refractivity contribution in [3.8, 4) is 0 Å². The number of carbonyl (C=O) groups is 1. The summed E-state index contributed by atoms with van der Waals surface area (Å²) >= 11 is 1.74. The SMILES string of the molecule is CCc1ccc(CN2CCc3c(C(=O)N(C)[C@@H]4CCN(C)C4)csc3C2)nc1. The first kappa shape index (κ1) is 19.6. The molecule has 0 N–H and O–H groups in total. The van der Waals surface area contributed by atoms with Crippen molar-refractivity contribution in [1.29, 1.82) is 0 Å². The minimum atomic E-state index is 0.197. The number of hydrogen-bond acceptors (Lipinski definition) is 5. The molecule has 0 radical (unpaired) electrons. The van der Waals surface area contributed by atoms with Crippen molar-refractivity contribution in [2.75, 3.05) is 33.7 Å². The molecule has 1 fully saturated rings. The molecule has 5 nitrogen and oxygen atoms in total. The van der Waals surface area contributed by atoms with Gasteiger partial charge in [0, 0.05) is 55.7 Å². The molecule has 28 heavy (non-hydrogen) atoms. The minimum Gasteiger partial charge on any atom is -0.337 e. The smallest absolute Gasteiger partial charge is 0.255 e. The van der Waals surface area contributed by atoms with Gasteiger partial charge in [-0.3, -0.25) is 14.7 Å². The quantitative estimate of drug-likeness (QED) is 0.776. The van der Waals surface area contributed by atoms with Gasteiger partial charge in [-0.2, -0.15) is 0 Å². The number of amides is 1. The van der Waals surface area contributed by atoms with Crippen LogP contribution in [0.25, 0.3) is 0 Å². The summed E-state index contributed by atoms with van der Waals surface area (Å²) in [7, 11) is 4.10. The highest BCUT2D eigenvalue weighted by Gasteiger charge is 2.30. The zero-order valence-corrected chi connectivity index (χ0v) is 18.0. The third-order valence-electron chi connectivity index (χ3n) is 6.17. The van der Waals surface area contributed by atoms with Gasteiger partial charge < -0.3 is 9.80 Å². The Morgan fingerprint density at radius 2 is 2.21 bits per heavy atom. The lowest BCUT2D eigenvalue weighted by Gasteiger charge is -2.28. The van der Waals surface area contributed by atoms with E-state index in [4.69, 9.17) is 0 Å². The molecule has 150 valence electrons. The van der Waals surface area contributed by atoms with E-state index in [1.54, 1.807) is 11.3 Å². The Hall–Kier alpha value is -1.76. The normalized spacial score (nSPS) is 20.3. The lowest BCUT2D eigenvalue weighted by atomic mass is 10.0. The minimum absolute atomic E-state index is 0.197. The van der Waals surface area contributed by atoms with E-state index in [9.17, 15) is 4.79 Å². The standard InChI is InChI=1S/C22H30N4OS/c1-4-16-5-6-17(23-11-16)12-26-10-8-19-20(15-28-21(19)14-26)22(27)25(3)18-7-9-24(2)13-18/h5-6,11,15,18H,4,7-10,12-14H2,1-3H3/t18-/m1/s1. The molecule has 1 atom stereocenters. The second kappa shape index (κ2) is 8.31. The maximum absolute atomic E-state index is 13.1. The number of likely N-dealkylation sites (tertiary alicyclic amines) is 1. The highest BCUT2D eigenvalue weighted by molar-refractivity contribution is 7.10. The van der Waals surface area contributed by atoms with Gasteiger partial charge in [0.2, 0.25) is 0 Å². The molecule has 0 bridgehead atoms. The first-order valence-corrected chi connectivity index (χ1v) is 11.1. The van der Waals surface area contributed by atoms with Crippen molar-refractivity contribution in [1.82, 2.24) is 19.7 Å². The number of aryl methyl sites for hydroxylation is 1. The molecule has 6 heteroatoms. The van der Waals surface area contributed by atoms with Gasteiger partial charge in [0.15, 0.2) is 0 Å². The third kappa shape index (κ3) is 4.00. The summed E-state index contributed by atoms with van der Waals surface area (Å²) < 4.78 is 0. The summed E-state index contributed by atoms with van der Waals surface area (Å²) in [6.07, 6.45) is 5.04. The average Bonchev–Trinajstić information content (AvgIpc) is 3.33. The molecule has 0 saturated carbocycles. The van der Waals surface area contributed by atoms with Gasteiger partial charge in [0.05, 0.1) is 11.3 Å². The molecule has 4 rings (SSSR count). The Bertz CT molecular complexity index is 832. The zero-order valence-electron chi connectivity index (χ0n) is 17.1. The zero-order chi connectivity index (χ0) is 19.7. The Labute approximate surface area is 172 Å². The number of hydrogen-bond donors (Lipinski definition) is 0. The van der Waals surface area contributed by atoms with E-state index in [0.29, 0.717) is 6.04 Å². The number of thiophene rings is 1. The summed E-state index contributed by atoms with van der Waals surface area (Å²) in [5.41, 5.74) is 4.61. The number of nitrogens with zero attached hydrogens (tertiary/aromatic N) is 4. The number of rotatable bonds is 5. The molecular formula is C22H30N4OS. The highest BCUT2D eigenvalue weighted by Crippen LogP contribution is 2.30. The molecule has 0 unspecified atom stereocenters.